The van der Waals surface area contributed by atoms with E-state index in [0.717, 1.165) is 22.6 Å². The second-order valence-corrected chi connectivity index (χ2v) is 8.40. The maximum Gasteiger partial charge on any atom is 0.266 e. The molecule has 4 aromatic rings. The normalized spacial score (nSPS) is 11.1. The smallest absolute Gasteiger partial charge is 0.266 e. The Morgan fingerprint density at radius 2 is 1.94 bits per heavy atom. The zero-order valence-corrected chi connectivity index (χ0v) is 18.5. The van der Waals surface area contributed by atoms with Crippen LogP contribution in [0.1, 0.15) is 16.9 Å². The summed E-state index contributed by atoms with van der Waals surface area (Å²) in [5.74, 6) is 0.806. The lowest BCUT2D eigenvalue weighted by Crippen LogP contribution is -2.28. The van der Waals surface area contributed by atoms with Gasteiger partial charge in [-0.15, -0.1) is 0 Å². The molecule has 0 radical (unpaired) electrons. The van der Waals surface area contributed by atoms with E-state index >= 15 is 0 Å². The second-order valence-electron chi connectivity index (χ2n) is 7.46. The summed E-state index contributed by atoms with van der Waals surface area (Å²) in [6.07, 6.45) is 1.59. The monoisotopic (exact) mass is 433 g/mol. The summed E-state index contributed by atoms with van der Waals surface area (Å²) in [7, 11) is 1.73. The summed E-state index contributed by atoms with van der Waals surface area (Å²) in [4.78, 5) is 32.4. The van der Waals surface area contributed by atoms with Gasteiger partial charge < -0.3 is 9.32 Å². The fraction of sp³-hybridized carbons (Fsp3) is 0.208. The van der Waals surface area contributed by atoms with E-state index in [4.69, 9.17) is 9.40 Å². The van der Waals surface area contributed by atoms with Gasteiger partial charge in [-0.1, -0.05) is 41.6 Å². The van der Waals surface area contributed by atoms with Gasteiger partial charge in [-0.2, -0.15) is 0 Å². The highest BCUT2D eigenvalue weighted by atomic mass is 32.2. The van der Waals surface area contributed by atoms with Gasteiger partial charge in [-0.05, 0) is 49.7 Å². The van der Waals surface area contributed by atoms with Crippen molar-refractivity contribution in [3.8, 4) is 5.69 Å². The van der Waals surface area contributed by atoms with Crippen LogP contribution >= 0.6 is 11.8 Å². The molecule has 0 saturated heterocycles. The Kier molecular flexibility index (Phi) is 5.95. The lowest BCUT2D eigenvalue weighted by molar-refractivity contribution is -0.127. The average molecular weight is 434 g/mol. The number of thioether (sulfide) groups is 1. The van der Waals surface area contributed by atoms with Crippen LogP contribution in [0.15, 0.2) is 75.2 Å². The van der Waals surface area contributed by atoms with Crippen molar-refractivity contribution < 1.29 is 9.21 Å². The fourth-order valence-electron chi connectivity index (χ4n) is 3.44. The molecule has 2 heterocycles. The van der Waals surface area contributed by atoms with E-state index < -0.39 is 0 Å². The highest BCUT2D eigenvalue weighted by Crippen LogP contribution is 2.24. The second kappa shape index (κ2) is 8.81. The lowest BCUT2D eigenvalue weighted by atomic mass is 10.1. The number of amides is 1. The van der Waals surface area contributed by atoms with E-state index in [2.05, 4.69) is 0 Å². The van der Waals surface area contributed by atoms with Crippen molar-refractivity contribution in [1.29, 1.82) is 0 Å². The quantitative estimate of drug-likeness (QED) is 0.334. The van der Waals surface area contributed by atoms with Gasteiger partial charge >= 0.3 is 0 Å². The number of furan rings is 1. The molecule has 4 rings (SSSR count). The van der Waals surface area contributed by atoms with Crippen LogP contribution in [0.25, 0.3) is 16.6 Å². The van der Waals surface area contributed by atoms with Crippen LogP contribution in [0.2, 0.25) is 0 Å². The van der Waals surface area contributed by atoms with Gasteiger partial charge in [0.15, 0.2) is 5.16 Å². The van der Waals surface area contributed by atoms with Crippen LogP contribution in [0.3, 0.4) is 0 Å². The van der Waals surface area contributed by atoms with Crippen molar-refractivity contribution in [1.82, 2.24) is 14.5 Å². The van der Waals surface area contributed by atoms with Crippen LogP contribution < -0.4 is 5.56 Å². The first-order valence-corrected chi connectivity index (χ1v) is 10.9. The molecule has 0 fully saturated rings. The number of fused-ring (bicyclic) bond motifs is 1. The lowest BCUT2D eigenvalue weighted by Gasteiger charge is -2.18. The SMILES string of the molecule is Cc1ccc(-n2c(SCC(=O)N(C)Cc3ccco3)nc3ccccc3c2=O)c(C)c1. The predicted molar refractivity (Wildman–Crippen MR) is 123 cm³/mol. The van der Waals surface area contributed by atoms with Crippen molar-refractivity contribution in [2.45, 2.75) is 25.5 Å². The molecule has 31 heavy (non-hydrogen) atoms. The molecular formula is C24H23N3O3S. The minimum Gasteiger partial charge on any atom is -0.467 e. The van der Waals surface area contributed by atoms with Crippen LogP contribution in [0.5, 0.6) is 0 Å². The molecule has 158 valence electrons. The van der Waals surface area contributed by atoms with Crippen molar-refractivity contribution in [2.24, 2.45) is 0 Å². The number of nitrogens with zero attached hydrogens (tertiary/aromatic N) is 3. The van der Waals surface area contributed by atoms with E-state index in [1.165, 1.54) is 11.8 Å². The molecule has 2 aromatic heterocycles. The number of rotatable bonds is 6. The first kappa shape index (κ1) is 20.9. The molecule has 7 heteroatoms. The Morgan fingerprint density at radius 1 is 1.13 bits per heavy atom. The minimum absolute atomic E-state index is 0.0732. The van der Waals surface area contributed by atoms with Gasteiger partial charge in [0, 0.05) is 7.05 Å². The van der Waals surface area contributed by atoms with Gasteiger partial charge in [0.1, 0.15) is 5.76 Å². The number of hydrogen-bond acceptors (Lipinski definition) is 5. The van der Waals surface area contributed by atoms with Gasteiger partial charge in [-0.25, -0.2) is 4.98 Å². The van der Waals surface area contributed by atoms with E-state index in [0.29, 0.717) is 22.6 Å². The van der Waals surface area contributed by atoms with Crippen LogP contribution in [-0.2, 0) is 11.3 Å². The Labute approximate surface area is 184 Å². The highest BCUT2D eigenvalue weighted by molar-refractivity contribution is 7.99. The van der Waals surface area contributed by atoms with Gasteiger partial charge in [0.25, 0.3) is 5.56 Å². The fourth-order valence-corrected chi connectivity index (χ4v) is 4.39. The summed E-state index contributed by atoms with van der Waals surface area (Å²) < 4.78 is 6.93. The Bertz CT molecular complexity index is 1300. The first-order valence-electron chi connectivity index (χ1n) is 9.92. The number of benzene rings is 2. The van der Waals surface area contributed by atoms with E-state index in [-0.39, 0.29) is 17.2 Å². The topological polar surface area (TPSA) is 68.3 Å². The summed E-state index contributed by atoms with van der Waals surface area (Å²) in [5, 5.41) is 1.04. The molecule has 0 N–H and O–H groups in total. The van der Waals surface area contributed by atoms with Crippen molar-refractivity contribution >= 4 is 28.6 Å². The molecule has 1 amide bonds. The Hall–Kier alpha value is -3.32. The van der Waals surface area contributed by atoms with E-state index in [1.54, 1.807) is 34.9 Å². The standard InChI is InChI=1S/C24H23N3O3S/c1-16-10-11-21(17(2)13-16)27-23(29)19-8-4-5-9-20(19)25-24(27)31-15-22(28)26(3)14-18-7-6-12-30-18/h4-13H,14-15H2,1-3H3. The number of carbonyl (C=O) groups excluding carboxylic acids is 1. The third kappa shape index (κ3) is 4.41. The molecule has 0 aliphatic rings. The van der Waals surface area contributed by atoms with Crippen LogP contribution in [0, 0.1) is 13.8 Å². The molecule has 0 aliphatic carbocycles. The maximum atomic E-state index is 13.4. The zero-order valence-electron chi connectivity index (χ0n) is 17.7. The number of aromatic nitrogens is 2. The Balaban J connectivity index is 1.69. The minimum atomic E-state index is -0.142. The van der Waals surface area contributed by atoms with Crippen LogP contribution in [-0.4, -0.2) is 33.2 Å². The molecule has 0 saturated carbocycles. The third-order valence-electron chi connectivity index (χ3n) is 5.06. The highest BCUT2D eigenvalue weighted by Gasteiger charge is 2.18. The molecule has 0 atom stereocenters. The molecule has 0 bridgehead atoms. The van der Waals surface area contributed by atoms with Crippen LogP contribution in [0.4, 0.5) is 0 Å². The average Bonchev–Trinajstić information content (AvgIpc) is 3.26. The van der Waals surface area contributed by atoms with Crippen molar-refractivity contribution in [2.75, 3.05) is 12.8 Å². The molecular weight excluding hydrogens is 410 g/mol. The summed E-state index contributed by atoms with van der Waals surface area (Å²) >= 11 is 1.26. The molecule has 2 aromatic carbocycles. The third-order valence-corrected chi connectivity index (χ3v) is 5.99. The largest absolute Gasteiger partial charge is 0.467 e. The maximum absolute atomic E-state index is 13.4. The van der Waals surface area contributed by atoms with Crippen molar-refractivity contribution in [3.63, 3.8) is 0 Å². The summed E-state index contributed by atoms with van der Waals surface area (Å²) in [5.41, 5.74) is 3.34. The van der Waals surface area contributed by atoms with Gasteiger partial charge in [0.2, 0.25) is 5.91 Å². The predicted octanol–water partition coefficient (Wildman–Crippen LogP) is 4.35. The number of carbonyl (C=O) groups is 1. The van der Waals surface area contributed by atoms with Gasteiger partial charge in [0.05, 0.1) is 35.2 Å². The van der Waals surface area contributed by atoms with E-state index in [9.17, 15) is 9.59 Å². The Morgan fingerprint density at radius 3 is 2.68 bits per heavy atom. The van der Waals surface area contributed by atoms with Crippen molar-refractivity contribution in [3.05, 3.63) is 88.1 Å². The molecule has 0 unspecified atom stereocenters. The number of para-hydroxylation sites is 1. The molecule has 0 spiro atoms. The molecule has 0 aliphatic heterocycles. The summed E-state index contributed by atoms with van der Waals surface area (Å²) in [6, 6.07) is 16.8. The van der Waals surface area contributed by atoms with Gasteiger partial charge in [-0.3, -0.25) is 14.2 Å². The van der Waals surface area contributed by atoms with E-state index in [1.807, 2.05) is 56.3 Å². The number of aryl methyl sites for hydroxylation is 2. The number of hydrogen-bond donors (Lipinski definition) is 0. The summed E-state index contributed by atoms with van der Waals surface area (Å²) in [6.45, 7) is 4.38. The first-order chi connectivity index (χ1) is 14.9. The zero-order chi connectivity index (χ0) is 22.0. The molecule has 6 nitrogen and oxygen atoms in total.